The Bertz CT molecular complexity index is 96.4. The summed E-state index contributed by atoms with van der Waals surface area (Å²) in [5.74, 6) is 0. The molecule has 0 rings (SSSR count). The fourth-order valence-corrected chi connectivity index (χ4v) is 2.87. The first-order valence-corrected chi connectivity index (χ1v) is 6.43. The minimum absolute atomic E-state index is 0. The molecule has 0 bridgehead atoms. The van der Waals surface area contributed by atoms with Crippen molar-refractivity contribution >= 4 is 17.5 Å². The van der Waals surface area contributed by atoms with Gasteiger partial charge in [-0.05, 0) is 27.7 Å². The van der Waals surface area contributed by atoms with Gasteiger partial charge in [0.15, 0.2) is 0 Å². The first-order chi connectivity index (χ1) is 6.24. The number of rotatable bonds is 8. The zero-order valence-electron chi connectivity index (χ0n) is 8.96. The molecule has 0 atom stereocenters. The van der Waals surface area contributed by atoms with Crippen molar-refractivity contribution in [3.63, 3.8) is 0 Å². The quantitative estimate of drug-likeness (QED) is 0.556. The highest BCUT2D eigenvalue weighted by Gasteiger charge is 2.44. The lowest BCUT2D eigenvalue weighted by atomic mass is 10.8. The van der Waals surface area contributed by atoms with Crippen molar-refractivity contribution in [2.24, 2.45) is 0 Å². The van der Waals surface area contributed by atoms with E-state index in [4.69, 9.17) is 17.7 Å². The van der Waals surface area contributed by atoms with Crippen molar-refractivity contribution < 1.29 is 17.7 Å². The predicted octanol–water partition coefficient (Wildman–Crippen LogP) is 0.384. The summed E-state index contributed by atoms with van der Waals surface area (Å²) < 4.78 is 21.7. The van der Waals surface area contributed by atoms with E-state index in [-0.39, 0.29) is 8.41 Å². The molecular formula is C8H23BO4Si. The molecule has 0 N–H and O–H groups in total. The van der Waals surface area contributed by atoms with Gasteiger partial charge in [0, 0.05) is 26.4 Å². The normalized spacial score (nSPS) is 11.1. The Morgan fingerprint density at radius 3 is 1.00 bits per heavy atom. The summed E-state index contributed by atoms with van der Waals surface area (Å²) >= 11 is 0. The van der Waals surface area contributed by atoms with E-state index in [1.807, 2.05) is 27.7 Å². The van der Waals surface area contributed by atoms with Gasteiger partial charge in [0.2, 0.25) is 0 Å². The molecule has 0 heterocycles. The maximum absolute atomic E-state index is 5.42. The topological polar surface area (TPSA) is 36.9 Å². The molecule has 0 saturated heterocycles. The van der Waals surface area contributed by atoms with E-state index in [1.165, 1.54) is 0 Å². The van der Waals surface area contributed by atoms with Crippen LogP contribution in [0.4, 0.5) is 0 Å². The van der Waals surface area contributed by atoms with Crippen molar-refractivity contribution in [2.75, 3.05) is 26.4 Å². The highest BCUT2D eigenvalue weighted by atomic mass is 28.4. The maximum atomic E-state index is 5.42. The van der Waals surface area contributed by atoms with Gasteiger partial charge in [0.05, 0.1) is 8.41 Å². The summed E-state index contributed by atoms with van der Waals surface area (Å²) in [6.45, 7) is 9.80. The van der Waals surface area contributed by atoms with Crippen molar-refractivity contribution in [3.8, 4) is 0 Å². The van der Waals surface area contributed by atoms with Gasteiger partial charge in [-0.1, -0.05) is 0 Å². The molecule has 0 aliphatic rings. The van der Waals surface area contributed by atoms with E-state index < -0.39 is 9.05 Å². The lowest BCUT2D eigenvalue weighted by Crippen LogP contribution is -2.49. The van der Waals surface area contributed by atoms with Crippen molar-refractivity contribution in [3.05, 3.63) is 0 Å². The van der Waals surface area contributed by atoms with Gasteiger partial charge < -0.3 is 17.7 Å². The van der Waals surface area contributed by atoms with Crippen LogP contribution in [-0.2, 0) is 17.7 Å². The zero-order chi connectivity index (χ0) is 10.2. The average Bonchev–Trinajstić information content (AvgIpc) is 2.06. The SMILES string of the molecule is B.CCO[Si](OCC)(OCC)OCC. The summed E-state index contributed by atoms with van der Waals surface area (Å²) in [6.07, 6.45) is 0. The van der Waals surface area contributed by atoms with E-state index in [0.29, 0.717) is 26.4 Å². The third kappa shape index (κ3) is 5.77. The molecule has 6 heteroatoms. The van der Waals surface area contributed by atoms with Gasteiger partial charge in [-0.3, -0.25) is 0 Å². The second-order valence-corrected chi connectivity index (χ2v) is 4.39. The molecule has 0 unspecified atom stereocenters. The van der Waals surface area contributed by atoms with E-state index in [2.05, 4.69) is 0 Å². The predicted molar refractivity (Wildman–Crippen MR) is 62.2 cm³/mol. The van der Waals surface area contributed by atoms with Gasteiger partial charge in [0.1, 0.15) is 0 Å². The van der Waals surface area contributed by atoms with Crippen LogP contribution in [0.3, 0.4) is 0 Å². The standard InChI is InChI=1S/C8H20O4Si.BH3/c1-5-9-13(10-6-2,11-7-3)12-8-4;/h5-8H2,1-4H3;1H3. The molecule has 0 fully saturated rings. The summed E-state index contributed by atoms with van der Waals surface area (Å²) in [4.78, 5) is 0. The highest BCUT2D eigenvalue weighted by molar-refractivity contribution is 6.53. The smallest absolute Gasteiger partial charge is 0.351 e. The van der Waals surface area contributed by atoms with E-state index in [0.717, 1.165) is 0 Å². The molecule has 0 saturated carbocycles. The third-order valence-corrected chi connectivity index (χ3v) is 3.85. The van der Waals surface area contributed by atoms with Crippen molar-refractivity contribution in [1.29, 1.82) is 0 Å². The second kappa shape index (κ2) is 9.67. The van der Waals surface area contributed by atoms with Crippen LogP contribution < -0.4 is 0 Å². The molecule has 14 heavy (non-hydrogen) atoms. The van der Waals surface area contributed by atoms with Crippen LogP contribution in [0, 0.1) is 0 Å². The Kier molecular flexibility index (Phi) is 11.4. The monoisotopic (exact) mass is 222 g/mol. The fraction of sp³-hybridized carbons (Fsp3) is 1.00. The third-order valence-electron chi connectivity index (χ3n) is 1.28. The van der Waals surface area contributed by atoms with Crippen LogP contribution in [0.5, 0.6) is 0 Å². The van der Waals surface area contributed by atoms with Gasteiger partial charge in [-0.15, -0.1) is 0 Å². The molecule has 86 valence electrons. The molecule has 0 radical (unpaired) electrons. The molecule has 0 spiro atoms. The van der Waals surface area contributed by atoms with Crippen LogP contribution in [0.25, 0.3) is 0 Å². The lowest BCUT2D eigenvalue weighted by Gasteiger charge is -2.26. The summed E-state index contributed by atoms with van der Waals surface area (Å²) in [5.41, 5.74) is 0. The Hall–Kier alpha value is 0.122. The fourth-order valence-electron chi connectivity index (χ4n) is 0.957. The van der Waals surface area contributed by atoms with E-state index in [1.54, 1.807) is 0 Å². The first-order valence-electron chi connectivity index (χ1n) is 4.80. The lowest BCUT2D eigenvalue weighted by molar-refractivity contribution is -0.0247. The summed E-state index contributed by atoms with van der Waals surface area (Å²) in [6, 6.07) is 0. The van der Waals surface area contributed by atoms with Gasteiger partial charge >= 0.3 is 9.05 Å². The summed E-state index contributed by atoms with van der Waals surface area (Å²) in [7, 11) is -2.80. The first kappa shape index (κ1) is 16.5. The minimum atomic E-state index is -2.80. The zero-order valence-corrected chi connectivity index (χ0v) is 9.96. The average molecular weight is 222 g/mol. The Balaban J connectivity index is 0. The van der Waals surface area contributed by atoms with Crippen molar-refractivity contribution in [1.82, 2.24) is 0 Å². The van der Waals surface area contributed by atoms with Crippen LogP contribution in [0.1, 0.15) is 27.7 Å². The molecule has 0 amide bonds. The van der Waals surface area contributed by atoms with Crippen LogP contribution in [0.2, 0.25) is 0 Å². The van der Waals surface area contributed by atoms with Crippen LogP contribution in [-0.4, -0.2) is 43.9 Å². The Labute approximate surface area is 89.9 Å². The molecule has 0 aromatic rings. The van der Waals surface area contributed by atoms with Crippen molar-refractivity contribution in [2.45, 2.75) is 27.7 Å². The van der Waals surface area contributed by atoms with E-state index in [9.17, 15) is 0 Å². The molecule has 0 aliphatic carbocycles. The van der Waals surface area contributed by atoms with E-state index >= 15 is 0 Å². The van der Waals surface area contributed by atoms with Crippen LogP contribution in [0.15, 0.2) is 0 Å². The molecule has 0 aliphatic heterocycles. The van der Waals surface area contributed by atoms with Gasteiger partial charge in [-0.2, -0.15) is 0 Å². The van der Waals surface area contributed by atoms with Gasteiger partial charge in [0.25, 0.3) is 0 Å². The second-order valence-electron chi connectivity index (χ2n) is 2.23. The number of hydrogen-bond acceptors (Lipinski definition) is 4. The minimum Gasteiger partial charge on any atom is -0.351 e. The number of hydrogen-bond donors (Lipinski definition) is 0. The molecule has 0 aromatic heterocycles. The maximum Gasteiger partial charge on any atom is 0.679 e. The Morgan fingerprint density at radius 2 is 0.857 bits per heavy atom. The van der Waals surface area contributed by atoms with Gasteiger partial charge in [-0.25, -0.2) is 0 Å². The highest BCUT2D eigenvalue weighted by Crippen LogP contribution is 2.11. The molecule has 0 aromatic carbocycles. The molecular weight excluding hydrogens is 199 g/mol. The largest absolute Gasteiger partial charge is 0.679 e. The van der Waals surface area contributed by atoms with Crippen LogP contribution >= 0.6 is 0 Å². The summed E-state index contributed by atoms with van der Waals surface area (Å²) in [5, 5.41) is 0. The molecule has 4 nitrogen and oxygen atoms in total. The Morgan fingerprint density at radius 1 is 0.643 bits per heavy atom.